The van der Waals surface area contributed by atoms with E-state index in [0.717, 1.165) is 53.8 Å². The Morgan fingerprint density at radius 2 is 1.94 bits per heavy atom. The van der Waals surface area contributed by atoms with Crippen molar-refractivity contribution in [2.24, 2.45) is 0 Å². The summed E-state index contributed by atoms with van der Waals surface area (Å²) in [6.07, 6.45) is 7.24. The van der Waals surface area contributed by atoms with Crippen LogP contribution in [0.4, 0.5) is 11.5 Å². The zero-order valence-electron chi connectivity index (χ0n) is 18.9. The number of aromatic nitrogens is 3. The molecule has 0 spiro atoms. The van der Waals surface area contributed by atoms with Crippen LogP contribution >= 0.6 is 11.6 Å². The maximum Gasteiger partial charge on any atom is 0.145 e. The maximum absolute atomic E-state index is 6.51. The second-order valence-corrected chi connectivity index (χ2v) is 8.82. The molecule has 1 aliphatic rings. The Kier molecular flexibility index (Phi) is 6.74. The molecule has 0 radical (unpaired) electrons. The second-order valence-electron chi connectivity index (χ2n) is 8.41. The van der Waals surface area contributed by atoms with Gasteiger partial charge in [0.2, 0.25) is 0 Å². The molecule has 1 aliphatic heterocycles. The van der Waals surface area contributed by atoms with Crippen molar-refractivity contribution in [1.29, 1.82) is 0 Å². The van der Waals surface area contributed by atoms with Crippen LogP contribution in [-0.4, -0.2) is 46.1 Å². The van der Waals surface area contributed by atoms with Crippen LogP contribution in [0.2, 0.25) is 5.02 Å². The standard InChI is InChI=1S/C26H26ClN5O2/c1-32-12-9-20(10-13-32)34-24-6-2-5-22-25(24)26(30-17-29-22)31-19-7-8-23(21(27)14-19)33-16-18-4-3-11-28-15-18/h2-8,11,14-15,17,20H,9-10,12-13,16H2,1H3,(H,29,30,31). The quantitative estimate of drug-likeness (QED) is 0.379. The molecule has 0 bridgehead atoms. The first kappa shape index (κ1) is 22.4. The monoisotopic (exact) mass is 475 g/mol. The zero-order chi connectivity index (χ0) is 23.3. The van der Waals surface area contributed by atoms with Gasteiger partial charge in [0, 0.05) is 36.7 Å². The van der Waals surface area contributed by atoms with E-state index in [1.807, 2.05) is 48.5 Å². The van der Waals surface area contributed by atoms with Crippen molar-refractivity contribution in [2.45, 2.75) is 25.6 Å². The molecular formula is C26H26ClN5O2. The van der Waals surface area contributed by atoms with Crippen molar-refractivity contribution in [3.63, 3.8) is 0 Å². The highest BCUT2D eigenvalue weighted by Crippen LogP contribution is 2.35. The highest BCUT2D eigenvalue weighted by molar-refractivity contribution is 6.32. The van der Waals surface area contributed by atoms with Crippen LogP contribution in [0.25, 0.3) is 10.9 Å². The number of fused-ring (bicyclic) bond motifs is 1. The molecule has 2 aromatic carbocycles. The fourth-order valence-electron chi connectivity index (χ4n) is 4.03. The summed E-state index contributed by atoms with van der Waals surface area (Å²) in [4.78, 5) is 15.4. The van der Waals surface area contributed by atoms with Crippen molar-refractivity contribution < 1.29 is 9.47 Å². The van der Waals surface area contributed by atoms with E-state index in [4.69, 9.17) is 21.1 Å². The Hall–Kier alpha value is -3.42. The van der Waals surface area contributed by atoms with Crippen LogP contribution in [-0.2, 0) is 6.61 Å². The lowest BCUT2D eigenvalue weighted by Crippen LogP contribution is -2.35. The van der Waals surface area contributed by atoms with Gasteiger partial charge in [0.25, 0.3) is 0 Å². The normalized spacial score (nSPS) is 14.8. The molecule has 174 valence electrons. The fourth-order valence-corrected chi connectivity index (χ4v) is 4.27. The molecule has 4 aromatic rings. The number of halogens is 1. The van der Waals surface area contributed by atoms with Gasteiger partial charge in [-0.3, -0.25) is 4.98 Å². The number of rotatable bonds is 7. The van der Waals surface area contributed by atoms with E-state index in [-0.39, 0.29) is 6.10 Å². The van der Waals surface area contributed by atoms with Gasteiger partial charge in [-0.05, 0) is 56.3 Å². The van der Waals surface area contributed by atoms with Crippen LogP contribution in [0.1, 0.15) is 18.4 Å². The predicted octanol–water partition coefficient (Wildman–Crippen LogP) is 5.47. The van der Waals surface area contributed by atoms with E-state index in [9.17, 15) is 0 Å². The van der Waals surface area contributed by atoms with E-state index in [1.165, 1.54) is 0 Å². The molecule has 1 fully saturated rings. The Balaban J connectivity index is 1.35. The molecule has 1 saturated heterocycles. The number of pyridine rings is 1. The van der Waals surface area contributed by atoms with E-state index in [2.05, 4.69) is 32.2 Å². The number of ether oxygens (including phenoxy) is 2. The molecule has 8 heteroatoms. The van der Waals surface area contributed by atoms with E-state index in [0.29, 0.717) is 23.2 Å². The number of hydrogen-bond acceptors (Lipinski definition) is 7. The molecule has 1 N–H and O–H groups in total. The van der Waals surface area contributed by atoms with Crippen molar-refractivity contribution >= 4 is 34.0 Å². The van der Waals surface area contributed by atoms with Gasteiger partial charge in [-0.15, -0.1) is 0 Å². The molecule has 0 saturated carbocycles. The van der Waals surface area contributed by atoms with Crippen LogP contribution < -0.4 is 14.8 Å². The summed E-state index contributed by atoms with van der Waals surface area (Å²) in [5.74, 6) is 2.07. The average molecular weight is 476 g/mol. The summed E-state index contributed by atoms with van der Waals surface area (Å²) in [5, 5.41) is 4.75. The molecule has 34 heavy (non-hydrogen) atoms. The van der Waals surface area contributed by atoms with Gasteiger partial charge in [-0.25, -0.2) is 9.97 Å². The lowest BCUT2D eigenvalue weighted by Gasteiger charge is -2.29. The summed E-state index contributed by atoms with van der Waals surface area (Å²) in [7, 11) is 2.14. The Labute approximate surface area is 203 Å². The first-order valence-electron chi connectivity index (χ1n) is 11.3. The summed E-state index contributed by atoms with van der Waals surface area (Å²) in [5.41, 5.74) is 2.60. The maximum atomic E-state index is 6.51. The summed E-state index contributed by atoms with van der Waals surface area (Å²) in [6, 6.07) is 15.3. The third-order valence-electron chi connectivity index (χ3n) is 5.90. The van der Waals surface area contributed by atoms with Gasteiger partial charge < -0.3 is 19.7 Å². The van der Waals surface area contributed by atoms with Crippen LogP contribution in [0.5, 0.6) is 11.5 Å². The van der Waals surface area contributed by atoms with Gasteiger partial charge in [-0.1, -0.05) is 23.7 Å². The molecule has 0 unspecified atom stereocenters. The smallest absolute Gasteiger partial charge is 0.145 e. The third-order valence-corrected chi connectivity index (χ3v) is 6.19. The molecule has 0 atom stereocenters. The number of nitrogens with one attached hydrogen (secondary N) is 1. The van der Waals surface area contributed by atoms with Crippen molar-refractivity contribution in [1.82, 2.24) is 19.9 Å². The van der Waals surface area contributed by atoms with Crippen molar-refractivity contribution in [3.05, 3.63) is 77.8 Å². The SMILES string of the molecule is CN1CCC(Oc2cccc3ncnc(Nc4ccc(OCc5cccnc5)c(Cl)c4)c23)CC1. The Bertz CT molecular complexity index is 1260. The minimum absolute atomic E-state index is 0.181. The lowest BCUT2D eigenvalue weighted by atomic mass is 10.1. The van der Waals surface area contributed by atoms with Gasteiger partial charge in [-0.2, -0.15) is 0 Å². The van der Waals surface area contributed by atoms with E-state index < -0.39 is 0 Å². The number of hydrogen-bond donors (Lipinski definition) is 1. The van der Waals surface area contributed by atoms with E-state index >= 15 is 0 Å². The summed E-state index contributed by atoms with van der Waals surface area (Å²) in [6.45, 7) is 2.46. The third kappa shape index (κ3) is 5.21. The zero-order valence-corrected chi connectivity index (χ0v) is 19.7. The summed E-state index contributed by atoms with van der Waals surface area (Å²) < 4.78 is 12.3. The Morgan fingerprint density at radius 1 is 1.06 bits per heavy atom. The molecule has 0 aliphatic carbocycles. The highest BCUT2D eigenvalue weighted by Gasteiger charge is 2.20. The van der Waals surface area contributed by atoms with Crippen LogP contribution in [0.15, 0.2) is 67.3 Å². The second kappa shape index (κ2) is 10.2. The van der Waals surface area contributed by atoms with Gasteiger partial charge >= 0.3 is 0 Å². The molecule has 3 heterocycles. The first-order chi connectivity index (χ1) is 16.7. The van der Waals surface area contributed by atoms with Gasteiger partial charge in [0.05, 0.1) is 15.9 Å². The van der Waals surface area contributed by atoms with Gasteiger partial charge in [0.1, 0.15) is 36.4 Å². The number of piperidine rings is 1. The van der Waals surface area contributed by atoms with E-state index in [1.54, 1.807) is 18.7 Å². The van der Waals surface area contributed by atoms with Crippen LogP contribution in [0.3, 0.4) is 0 Å². The number of benzene rings is 2. The van der Waals surface area contributed by atoms with Crippen molar-refractivity contribution in [3.8, 4) is 11.5 Å². The van der Waals surface area contributed by atoms with Crippen molar-refractivity contribution in [2.75, 3.05) is 25.5 Å². The largest absolute Gasteiger partial charge is 0.489 e. The molecule has 2 aromatic heterocycles. The van der Waals surface area contributed by atoms with Gasteiger partial charge in [0.15, 0.2) is 0 Å². The minimum atomic E-state index is 0.181. The lowest BCUT2D eigenvalue weighted by molar-refractivity contribution is 0.116. The number of nitrogens with zero attached hydrogens (tertiary/aromatic N) is 4. The van der Waals surface area contributed by atoms with Crippen LogP contribution in [0, 0.1) is 0 Å². The number of anilines is 2. The average Bonchev–Trinajstić information content (AvgIpc) is 2.86. The molecule has 7 nitrogen and oxygen atoms in total. The predicted molar refractivity (Wildman–Crippen MR) is 134 cm³/mol. The first-order valence-corrected chi connectivity index (χ1v) is 11.7. The minimum Gasteiger partial charge on any atom is -0.489 e. The molecular weight excluding hydrogens is 450 g/mol. The Morgan fingerprint density at radius 3 is 2.74 bits per heavy atom. The summed E-state index contributed by atoms with van der Waals surface area (Å²) >= 11 is 6.51. The fraction of sp³-hybridized carbons (Fsp3) is 0.269. The topological polar surface area (TPSA) is 72.4 Å². The number of likely N-dealkylation sites (tertiary alicyclic amines) is 1. The molecule has 0 amide bonds. The highest BCUT2D eigenvalue weighted by atomic mass is 35.5. The molecule has 5 rings (SSSR count).